The maximum absolute atomic E-state index is 11.8. The predicted octanol–water partition coefficient (Wildman–Crippen LogP) is 2.08. The lowest BCUT2D eigenvalue weighted by Crippen LogP contribution is -2.21. The highest BCUT2D eigenvalue weighted by Crippen LogP contribution is 2.20. The molecular formula is C15H11INO5-. The van der Waals surface area contributed by atoms with Gasteiger partial charge in [0.25, 0.3) is 5.91 Å². The van der Waals surface area contributed by atoms with E-state index in [1.54, 1.807) is 12.1 Å². The molecule has 0 aliphatic rings. The van der Waals surface area contributed by atoms with Gasteiger partial charge in [0.15, 0.2) is 6.61 Å². The van der Waals surface area contributed by atoms with E-state index >= 15 is 0 Å². The van der Waals surface area contributed by atoms with E-state index in [9.17, 15) is 14.7 Å². The minimum atomic E-state index is -1.29. The first-order chi connectivity index (χ1) is 10.5. The molecule has 114 valence electrons. The van der Waals surface area contributed by atoms with Gasteiger partial charge < -0.3 is 20.3 Å². The lowest BCUT2D eigenvalue weighted by atomic mass is 10.1. The van der Waals surface area contributed by atoms with Gasteiger partial charge in [-0.2, -0.15) is 0 Å². The highest BCUT2D eigenvalue weighted by molar-refractivity contribution is 14.1. The summed E-state index contributed by atoms with van der Waals surface area (Å²) in [4.78, 5) is 22.8. The summed E-state index contributed by atoms with van der Waals surface area (Å²) in [6.07, 6.45) is 0. The van der Waals surface area contributed by atoms with E-state index in [4.69, 9.17) is 9.84 Å². The number of carboxylic acid groups (broad SMARTS) is 1. The summed E-state index contributed by atoms with van der Waals surface area (Å²) in [7, 11) is 0. The molecule has 0 fully saturated rings. The normalized spacial score (nSPS) is 10.0. The van der Waals surface area contributed by atoms with Gasteiger partial charge in [-0.05, 0) is 52.9 Å². The van der Waals surface area contributed by atoms with E-state index < -0.39 is 17.6 Å². The number of carbonyl (C=O) groups excluding carboxylic acids is 1. The van der Waals surface area contributed by atoms with Gasteiger partial charge in [0.2, 0.25) is 0 Å². The quantitative estimate of drug-likeness (QED) is 0.733. The first kappa shape index (κ1) is 16.1. The fourth-order valence-corrected chi connectivity index (χ4v) is 2.03. The van der Waals surface area contributed by atoms with Crippen molar-refractivity contribution in [2.45, 2.75) is 0 Å². The standard InChI is InChI=1S/C15H12INO5/c16-9-1-4-11(5-2-9)22-8-14(19)17-13-6-3-10(18)7-12(13)15(20)21/h1-7,18H,8H2,(H,17,19)(H,20,21)/p-1. The first-order valence-electron chi connectivity index (χ1n) is 6.18. The summed E-state index contributed by atoms with van der Waals surface area (Å²) in [6, 6.07) is 10.5. The van der Waals surface area contributed by atoms with E-state index in [1.165, 1.54) is 12.1 Å². The van der Waals surface area contributed by atoms with Gasteiger partial charge in [-0.1, -0.05) is 12.1 Å². The molecule has 2 rings (SSSR count). The molecule has 0 bridgehead atoms. The second-order valence-electron chi connectivity index (χ2n) is 4.30. The van der Waals surface area contributed by atoms with E-state index in [0.717, 1.165) is 9.64 Å². The van der Waals surface area contributed by atoms with Gasteiger partial charge in [-0.15, -0.1) is 5.75 Å². The molecule has 6 nitrogen and oxygen atoms in total. The third-order valence-electron chi connectivity index (χ3n) is 2.68. The monoisotopic (exact) mass is 412 g/mol. The van der Waals surface area contributed by atoms with Crippen LogP contribution in [0.3, 0.4) is 0 Å². The van der Waals surface area contributed by atoms with Crippen LogP contribution in [0, 0.1) is 3.57 Å². The Balaban J connectivity index is 2.00. The molecule has 0 spiro atoms. The van der Waals surface area contributed by atoms with Crippen molar-refractivity contribution in [2.24, 2.45) is 0 Å². The van der Waals surface area contributed by atoms with Crippen LogP contribution < -0.4 is 15.2 Å². The van der Waals surface area contributed by atoms with E-state index in [-0.39, 0.29) is 17.9 Å². The molecule has 0 heterocycles. The molecule has 0 radical (unpaired) electrons. The van der Waals surface area contributed by atoms with Gasteiger partial charge in [-0.25, -0.2) is 4.79 Å². The molecule has 0 atom stereocenters. The number of ether oxygens (including phenoxy) is 1. The van der Waals surface area contributed by atoms with Crippen LogP contribution in [0.25, 0.3) is 0 Å². The third-order valence-corrected chi connectivity index (χ3v) is 3.40. The van der Waals surface area contributed by atoms with Crippen molar-refractivity contribution in [3.63, 3.8) is 0 Å². The Bertz CT molecular complexity index is 700. The fraction of sp³-hybridized carbons (Fsp3) is 0.0667. The van der Waals surface area contributed by atoms with Gasteiger partial charge >= 0.3 is 5.97 Å². The number of hydrogen-bond donors (Lipinski definition) is 2. The number of carboxylic acids is 1. The van der Waals surface area contributed by atoms with Crippen LogP contribution in [-0.2, 0) is 4.79 Å². The topological polar surface area (TPSA) is 98.7 Å². The molecule has 0 aromatic heterocycles. The van der Waals surface area contributed by atoms with Crippen molar-refractivity contribution >= 4 is 40.2 Å². The molecule has 2 aromatic carbocycles. The maximum Gasteiger partial charge on any atom is 0.337 e. The van der Waals surface area contributed by atoms with E-state index in [1.807, 2.05) is 12.1 Å². The fourth-order valence-electron chi connectivity index (χ4n) is 1.68. The van der Waals surface area contributed by atoms with Crippen LogP contribution in [-0.4, -0.2) is 23.6 Å². The average Bonchev–Trinajstić information content (AvgIpc) is 2.48. The molecular weight excluding hydrogens is 401 g/mol. The van der Waals surface area contributed by atoms with Gasteiger partial charge in [0.05, 0.1) is 11.3 Å². The van der Waals surface area contributed by atoms with Crippen molar-refractivity contribution in [3.8, 4) is 11.5 Å². The maximum atomic E-state index is 11.8. The number of halogens is 1. The number of benzene rings is 2. The number of amides is 1. The highest BCUT2D eigenvalue weighted by atomic mass is 127. The van der Waals surface area contributed by atoms with Crippen LogP contribution in [0.2, 0.25) is 0 Å². The molecule has 7 heteroatoms. The number of hydrogen-bond acceptors (Lipinski definition) is 4. The van der Waals surface area contributed by atoms with Crippen molar-refractivity contribution in [1.29, 1.82) is 0 Å². The lowest BCUT2D eigenvalue weighted by Gasteiger charge is -2.12. The minimum absolute atomic E-state index is 0.0586. The zero-order chi connectivity index (χ0) is 16.1. The largest absolute Gasteiger partial charge is 0.872 e. The van der Waals surface area contributed by atoms with E-state index in [2.05, 4.69) is 27.9 Å². The molecule has 2 aromatic rings. The lowest BCUT2D eigenvalue weighted by molar-refractivity contribution is -0.268. The Morgan fingerprint density at radius 2 is 1.86 bits per heavy atom. The average molecular weight is 412 g/mol. The van der Waals surface area contributed by atoms with Crippen LogP contribution in [0.4, 0.5) is 5.69 Å². The van der Waals surface area contributed by atoms with Crippen LogP contribution >= 0.6 is 22.6 Å². The summed E-state index contributed by atoms with van der Waals surface area (Å²) in [5.41, 5.74) is -0.196. The highest BCUT2D eigenvalue weighted by Gasteiger charge is 2.12. The smallest absolute Gasteiger partial charge is 0.337 e. The third kappa shape index (κ3) is 4.35. The second-order valence-corrected chi connectivity index (χ2v) is 5.55. The van der Waals surface area contributed by atoms with Crippen molar-refractivity contribution in [1.82, 2.24) is 0 Å². The van der Waals surface area contributed by atoms with Crippen LogP contribution in [0.15, 0.2) is 42.5 Å². The van der Waals surface area contributed by atoms with Gasteiger partial charge in [-0.3, -0.25) is 4.79 Å². The first-order valence-corrected chi connectivity index (χ1v) is 7.26. The SMILES string of the molecule is O=C(COc1ccc(I)cc1)Nc1ccc([O-])cc1C(=O)O. The summed E-state index contributed by atoms with van der Waals surface area (Å²) in [6.45, 7) is -0.265. The number of carbonyl (C=O) groups is 2. The Hall–Kier alpha value is -2.29. The Morgan fingerprint density at radius 1 is 1.18 bits per heavy atom. The van der Waals surface area contributed by atoms with Crippen molar-refractivity contribution < 1.29 is 24.5 Å². The van der Waals surface area contributed by atoms with Crippen molar-refractivity contribution in [2.75, 3.05) is 11.9 Å². The zero-order valence-corrected chi connectivity index (χ0v) is 13.4. The number of aromatic carboxylic acids is 1. The number of nitrogens with one attached hydrogen (secondary N) is 1. The summed E-state index contributed by atoms with van der Waals surface area (Å²) in [5, 5.41) is 22.6. The molecule has 2 N–H and O–H groups in total. The Morgan fingerprint density at radius 3 is 2.50 bits per heavy atom. The Kier molecular flexibility index (Phi) is 5.21. The minimum Gasteiger partial charge on any atom is -0.872 e. The molecule has 0 saturated carbocycles. The zero-order valence-electron chi connectivity index (χ0n) is 11.2. The summed E-state index contributed by atoms with van der Waals surface area (Å²) < 4.78 is 6.33. The van der Waals surface area contributed by atoms with Crippen LogP contribution in [0.1, 0.15) is 10.4 Å². The van der Waals surface area contributed by atoms with Gasteiger partial charge in [0.1, 0.15) is 5.75 Å². The molecule has 22 heavy (non-hydrogen) atoms. The number of rotatable bonds is 5. The molecule has 0 saturated heterocycles. The second kappa shape index (κ2) is 7.12. The van der Waals surface area contributed by atoms with Crippen LogP contribution in [0.5, 0.6) is 11.5 Å². The molecule has 0 aliphatic carbocycles. The number of anilines is 1. The molecule has 0 aliphatic heterocycles. The summed E-state index contributed by atoms with van der Waals surface area (Å²) >= 11 is 2.15. The molecule has 0 unspecified atom stereocenters. The van der Waals surface area contributed by atoms with E-state index in [0.29, 0.717) is 5.75 Å². The summed E-state index contributed by atoms with van der Waals surface area (Å²) in [5.74, 6) is -1.71. The predicted molar refractivity (Wildman–Crippen MR) is 86.1 cm³/mol. The van der Waals surface area contributed by atoms with Gasteiger partial charge in [0, 0.05) is 3.57 Å². The Labute approximate surface area is 139 Å². The molecule has 1 amide bonds. The van der Waals surface area contributed by atoms with Crippen molar-refractivity contribution in [3.05, 3.63) is 51.6 Å².